The Kier molecular flexibility index (Phi) is 3.86. The molecule has 22 heavy (non-hydrogen) atoms. The van der Waals surface area contributed by atoms with Crippen LogP contribution >= 0.6 is 0 Å². The Morgan fingerprint density at radius 2 is 2.00 bits per heavy atom. The molecule has 0 unspecified atom stereocenters. The molecule has 0 aliphatic rings. The average molecular weight is 294 g/mol. The zero-order valence-corrected chi connectivity index (χ0v) is 12.0. The highest BCUT2D eigenvalue weighted by molar-refractivity contribution is 5.94. The van der Waals surface area contributed by atoms with Gasteiger partial charge in [-0.25, -0.2) is 15.0 Å². The first-order valence-corrected chi connectivity index (χ1v) is 6.69. The number of aromatic nitrogens is 5. The predicted octanol–water partition coefficient (Wildman–Crippen LogP) is 1.20. The minimum absolute atomic E-state index is 0.186. The maximum atomic E-state index is 12.1. The minimum atomic E-state index is -0.186. The minimum Gasteiger partial charge on any atom is -0.346 e. The van der Waals surface area contributed by atoms with E-state index in [1.54, 1.807) is 30.9 Å². The summed E-state index contributed by atoms with van der Waals surface area (Å²) in [6.07, 6.45) is 9.90. The van der Waals surface area contributed by atoms with Crippen LogP contribution in [0.4, 0.5) is 0 Å². The Labute approximate surface area is 127 Å². The molecule has 3 rings (SSSR count). The summed E-state index contributed by atoms with van der Waals surface area (Å²) in [7, 11) is 1.88. The molecule has 0 aliphatic heterocycles. The Hall–Kier alpha value is -3.09. The van der Waals surface area contributed by atoms with Crippen molar-refractivity contribution in [2.75, 3.05) is 0 Å². The first-order valence-electron chi connectivity index (χ1n) is 6.69. The number of nitrogens with zero attached hydrogens (tertiary/aromatic N) is 5. The van der Waals surface area contributed by atoms with Gasteiger partial charge in [-0.3, -0.25) is 9.78 Å². The van der Waals surface area contributed by atoms with Crippen molar-refractivity contribution in [3.63, 3.8) is 0 Å². The zero-order valence-electron chi connectivity index (χ0n) is 12.0. The highest BCUT2D eigenvalue weighted by Crippen LogP contribution is 2.14. The van der Waals surface area contributed by atoms with E-state index in [0.717, 1.165) is 17.0 Å². The molecule has 0 saturated heterocycles. The lowest BCUT2D eigenvalue weighted by Crippen LogP contribution is -2.23. The molecule has 0 spiro atoms. The van der Waals surface area contributed by atoms with Crippen LogP contribution in [0.2, 0.25) is 0 Å². The number of aryl methyl sites for hydroxylation is 1. The van der Waals surface area contributed by atoms with Gasteiger partial charge in [0.2, 0.25) is 0 Å². The van der Waals surface area contributed by atoms with E-state index < -0.39 is 0 Å². The Morgan fingerprint density at radius 3 is 2.64 bits per heavy atom. The van der Waals surface area contributed by atoms with Gasteiger partial charge in [-0.15, -0.1) is 0 Å². The largest absolute Gasteiger partial charge is 0.346 e. The lowest BCUT2D eigenvalue weighted by molar-refractivity contribution is 0.0950. The fourth-order valence-corrected chi connectivity index (χ4v) is 1.96. The van der Waals surface area contributed by atoms with Crippen LogP contribution in [-0.4, -0.2) is 30.4 Å². The Bertz CT molecular complexity index is 766. The number of carbonyl (C=O) groups excluding carboxylic acids is 1. The van der Waals surface area contributed by atoms with Crippen LogP contribution in [0.15, 0.2) is 49.6 Å². The second-order valence-electron chi connectivity index (χ2n) is 4.77. The van der Waals surface area contributed by atoms with Gasteiger partial charge in [0.15, 0.2) is 0 Å². The number of carbonyl (C=O) groups is 1. The lowest BCUT2D eigenvalue weighted by Gasteiger charge is -2.04. The van der Waals surface area contributed by atoms with Gasteiger partial charge in [0.25, 0.3) is 5.91 Å². The molecule has 7 heteroatoms. The summed E-state index contributed by atoms with van der Waals surface area (Å²) in [5.74, 6) is -0.186. The van der Waals surface area contributed by atoms with Gasteiger partial charge in [0.1, 0.15) is 6.33 Å². The van der Waals surface area contributed by atoms with Gasteiger partial charge in [-0.2, -0.15) is 0 Å². The molecule has 0 atom stereocenters. The van der Waals surface area contributed by atoms with Crippen LogP contribution < -0.4 is 5.32 Å². The van der Waals surface area contributed by atoms with Crippen molar-refractivity contribution in [3.8, 4) is 11.3 Å². The van der Waals surface area contributed by atoms with Crippen molar-refractivity contribution in [3.05, 3.63) is 60.8 Å². The second-order valence-corrected chi connectivity index (χ2v) is 4.77. The van der Waals surface area contributed by atoms with Crippen LogP contribution in [0.5, 0.6) is 0 Å². The SMILES string of the molecule is Cn1cnc(CNC(=O)c2ccc(-c3cncnc3)nc2)c1. The van der Waals surface area contributed by atoms with Crippen LogP contribution in [0.1, 0.15) is 16.1 Å². The van der Waals surface area contributed by atoms with Gasteiger partial charge in [0.05, 0.1) is 29.8 Å². The fourth-order valence-electron chi connectivity index (χ4n) is 1.96. The molecule has 3 heterocycles. The Balaban J connectivity index is 1.66. The van der Waals surface area contributed by atoms with Gasteiger partial charge < -0.3 is 9.88 Å². The topological polar surface area (TPSA) is 85.6 Å². The zero-order chi connectivity index (χ0) is 15.4. The van der Waals surface area contributed by atoms with Crippen LogP contribution in [0.3, 0.4) is 0 Å². The van der Waals surface area contributed by atoms with Crippen molar-refractivity contribution in [2.45, 2.75) is 6.54 Å². The molecular weight excluding hydrogens is 280 g/mol. The van der Waals surface area contributed by atoms with E-state index in [0.29, 0.717) is 12.1 Å². The van der Waals surface area contributed by atoms with E-state index in [4.69, 9.17) is 0 Å². The van der Waals surface area contributed by atoms with Crippen LogP contribution in [0.25, 0.3) is 11.3 Å². The number of pyridine rings is 1. The third-order valence-electron chi connectivity index (χ3n) is 3.07. The van der Waals surface area contributed by atoms with Crippen molar-refractivity contribution >= 4 is 5.91 Å². The van der Waals surface area contributed by atoms with Gasteiger partial charge in [-0.05, 0) is 12.1 Å². The van der Waals surface area contributed by atoms with Gasteiger partial charge in [0, 0.05) is 37.4 Å². The quantitative estimate of drug-likeness (QED) is 0.781. The Morgan fingerprint density at radius 1 is 1.18 bits per heavy atom. The molecule has 110 valence electrons. The van der Waals surface area contributed by atoms with E-state index in [9.17, 15) is 4.79 Å². The molecule has 0 saturated carbocycles. The predicted molar refractivity (Wildman–Crippen MR) is 79.6 cm³/mol. The first-order chi connectivity index (χ1) is 10.7. The molecule has 0 aromatic carbocycles. The van der Waals surface area contributed by atoms with Gasteiger partial charge in [-0.1, -0.05) is 0 Å². The molecule has 0 bridgehead atoms. The number of hydrogen-bond acceptors (Lipinski definition) is 5. The van der Waals surface area contributed by atoms with E-state index in [2.05, 4.69) is 25.3 Å². The number of imidazole rings is 1. The number of rotatable bonds is 4. The van der Waals surface area contributed by atoms with E-state index in [1.807, 2.05) is 17.8 Å². The molecular formula is C15H14N6O. The normalized spacial score (nSPS) is 10.4. The summed E-state index contributed by atoms with van der Waals surface area (Å²) in [6, 6.07) is 3.50. The molecule has 7 nitrogen and oxygen atoms in total. The van der Waals surface area contributed by atoms with Crippen molar-refractivity contribution in [1.82, 2.24) is 29.8 Å². The molecule has 0 fully saturated rings. The highest BCUT2D eigenvalue weighted by Gasteiger charge is 2.08. The van der Waals surface area contributed by atoms with E-state index >= 15 is 0 Å². The summed E-state index contributed by atoms with van der Waals surface area (Å²) in [5.41, 5.74) is 2.84. The summed E-state index contributed by atoms with van der Waals surface area (Å²) < 4.78 is 1.83. The third-order valence-corrected chi connectivity index (χ3v) is 3.07. The number of nitrogens with one attached hydrogen (secondary N) is 1. The molecule has 3 aromatic rings. The summed E-state index contributed by atoms with van der Waals surface area (Å²) in [4.78, 5) is 28.4. The molecule has 0 aliphatic carbocycles. The van der Waals surface area contributed by atoms with Gasteiger partial charge >= 0.3 is 0 Å². The van der Waals surface area contributed by atoms with Crippen molar-refractivity contribution in [2.24, 2.45) is 7.05 Å². The highest BCUT2D eigenvalue weighted by atomic mass is 16.1. The van der Waals surface area contributed by atoms with Crippen molar-refractivity contribution in [1.29, 1.82) is 0 Å². The monoisotopic (exact) mass is 294 g/mol. The number of amides is 1. The van der Waals surface area contributed by atoms with E-state index in [1.165, 1.54) is 12.5 Å². The number of hydrogen-bond donors (Lipinski definition) is 1. The maximum absolute atomic E-state index is 12.1. The first kappa shape index (κ1) is 13.9. The molecule has 3 aromatic heterocycles. The fraction of sp³-hybridized carbons (Fsp3) is 0.133. The summed E-state index contributed by atoms with van der Waals surface area (Å²) >= 11 is 0. The van der Waals surface area contributed by atoms with E-state index in [-0.39, 0.29) is 5.91 Å². The summed E-state index contributed by atoms with van der Waals surface area (Å²) in [6.45, 7) is 0.383. The summed E-state index contributed by atoms with van der Waals surface area (Å²) in [5, 5.41) is 2.81. The van der Waals surface area contributed by atoms with Crippen LogP contribution in [-0.2, 0) is 13.6 Å². The third kappa shape index (κ3) is 3.14. The molecule has 0 radical (unpaired) electrons. The maximum Gasteiger partial charge on any atom is 0.253 e. The van der Waals surface area contributed by atoms with Crippen LogP contribution in [0, 0.1) is 0 Å². The standard InChI is InChI=1S/C15H14N6O/c1-21-8-13(20-10-21)7-19-15(22)11-2-3-14(18-6-11)12-4-16-9-17-5-12/h2-6,8-10H,7H2,1H3,(H,19,22). The molecule has 1 N–H and O–H groups in total. The van der Waals surface area contributed by atoms with Crippen molar-refractivity contribution < 1.29 is 4.79 Å². The second kappa shape index (κ2) is 6.13. The molecule has 1 amide bonds. The average Bonchev–Trinajstić information content (AvgIpc) is 2.99. The smallest absolute Gasteiger partial charge is 0.253 e. The lowest BCUT2D eigenvalue weighted by atomic mass is 10.2.